The highest BCUT2D eigenvalue weighted by atomic mass is 19.2. The first-order valence-corrected chi connectivity index (χ1v) is 4.82. The number of rotatable bonds is 3. The molecule has 16 heavy (non-hydrogen) atoms. The minimum absolute atomic E-state index is 0.338. The molecule has 0 bridgehead atoms. The van der Waals surface area contributed by atoms with Gasteiger partial charge in [0.2, 0.25) is 5.82 Å². The first-order chi connectivity index (χ1) is 7.41. The van der Waals surface area contributed by atoms with Gasteiger partial charge in [0.15, 0.2) is 5.82 Å². The summed E-state index contributed by atoms with van der Waals surface area (Å²) < 4.78 is 26.1. The van der Waals surface area contributed by atoms with Gasteiger partial charge >= 0.3 is 5.69 Å². The van der Waals surface area contributed by atoms with Crippen LogP contribution < -0.4 is 5.73 Å². The van der Waals surface area contributed by atoms with Crippen LogP contribution in [0.2, 0.25) is 0 Å². The Morgan fingerprint density at radius 2 is 2.06 bits per heavy atom. The van der Waals surface area contributed by atoms with E-state index in [0.29, 0.717) is 12.0 Å². The molecule has 0 saturated heterocycles. The van der Waals surface area contributed by atoms with Crippen LogP contribution >= 0.6 is 0 Å². The highest BCUT2D eigenvalue weighted by Gasteiger charge is 2.38. The third-order valence-electron chi connectivity index (χ3n) is 2.71. The fraction of sp³-hybridized carbons (Fsp3) is 0.400. The van der Waals surface area contributed by atoms with E-state index in [2.05, 4.69) is 0 Å². The van der Waals surface area contributed by atoms with Crippen LogP contribution in [0.3, 0.4) is 0 Å². The average molecular weight is 228 g/mol. The van der Waals surface area contributed by atoms with Crippen LogP contribution in [-0.4, -0.2) is 10.5 Å². The lowest BCUT2D eigenvalue weighted by molar-refractivity contribution is -0.387. The van der Waals surface area contributed by atoms with E-state index in [1.807, 2.05) is 0 Å². The number of benzene rings is 1. The molecule has 4 nitrogen and oxygen atoms in total. The number of hydrogen-bond donors (Lipinski definition) is 1. The summed E-state index contributed by atoms with van der Waals surface area (Å²) in [5.74, 6) is -2.62. The number of nitro benzene ring substituents is 1. The van der Waals surface area contributed by atoms with Crippen molar-refractivity contribution in [3.05, 3.63) is 39.4 Å². The molecule has 0 unspecified atom stereocenters. The Kier molecular flexibility index (Phi) is 2.38. The average Bonchev–Trinajstić information content (AvgIpc) is 2.89. The Labute approximate surface area is 90.2 Å². The van der Waals surface area contributed by atoms with E-state index < -0.39 is 27.8 Å². The standard InChI is InChI=1S/C10H10F2N2O2/c11-7-3-6(5-10(13)1-2-10)4-8(9(7)12)14(15)16/h3-4H,1-2,5,13H2. The Balaban J connectivity index is 2.36. The third kappa shape index (κ3) is 2.01. The van der Waals surface area contributed by atoms with Crippen LogP contribution in [0.25, 0.3) is 0 Å². The number of halogens is 2. The molecule has 0 radical (unpaired) electrons. The molecular formula is C10H10F2N2O2. The van der Waals surface area contributed by atoms with Crippen molar-refractivity contribution in [2.75, 3.05) is 0 Å². The van der Waals surface area contributed by atoms with Crippen LogP contribution in [0.15, 0.2) is 12.1 Å². The maximum atomic E-state index is 13.1. The summed E-state index contributed by atoms with van der Waals surface area (Å²) in [6, 6.07) is 2.01. The van der Waals surface area contributed by atoms with Gasteiger partial charge < -0.3 is 5.73 Å². The second-order valence-corrected chi connectivity index (χ2v) is 4.21. The first-order valence-electron chi connectivity index (χ1n) is 4.82. The van der Waals surface area contributed by atoms with Crippen LogP contribution in [0.4, 0.5) is 14.5 Å². The smallest absolute Gasteiger partial charge is 0.308 e. The molecular weight excluding hydrogens is 218 g/mol. The van der Waals surface area contributed by atoms with E-state index in [9.17, 15) is 18.9 Å². The summed E-state index contributed by atoms with van der Waals surface area (Å²) >= 11 is 0. The number of nitrogens with zero attached hydrogens (tertiary/aromatic N) is 1. The molecule has 1 aromatic carbocycles. The number of nitro groups is 1. The number of hydrogen-bond acceptors (Lipinski definition) is 3. The molecule has 0 atom stereocenters. The molecule has 1 fully saturated rings. The molecule has 0 spiro atoms. The highest BCUT2D eigenvalue weighted by molar-refractivity contribution is 5.38. The lowest BCUT2D eigenvalue weighted by atomic mass is 10.0. The molecule has 0 heterocycles. The monoisotopic (exact) mass is 228 g/mol. The largest absolute Gasteiger partial charge is 0.325 e. The second kappa shape index (κ2) is 3.48. The predicted molar refractivity (Wildman–Crippen MR) is 52.9 cm³/mol. The summed E-state index contributed by atoms with van der Waals surface area (Å²) in [6.07, 6.45) is 1.95. The van der Waals surface area contributed by atoms with Gasteiger partial charge in [-0.05, 0) is 30.9 Å². The molecule has 0 aliphatic heterocycles. The summed E-state index contributed by atoms with van der Waals surface area (Å²) in [7, 11) is 0. The molecule has 2 rings (SSSR count). The maximum absolute atomic E-state index is 13.1. The van der Waals surface area contributed by atoms with Gasteiger partial charge in [0, 0.05) is 11.6 Å². The summed E-state index contributed by atoms with van der Waals surface area (Å²) in [6.45, 7) is 0. The van der Waals surface area contributed by atoms with Gasteiger partial charge in [-0.15, -0.1) is 0 Å². The SMILES string of the molecule is NC1(Cc2cc(F)c(F)c([N+](=O)[O-])c2)CC1. The predicted octanol–water partition coefficient (Wildman–Crippen LogP) is 1.91. The van der Waals surface area contributed by atoms with E-state index in [0.717, 1.165) is 25.0 Å². The minimum Gasteiger partial charge on any atom is -0.325 e. The fourth-order valence-corrected chi connectivity index (χ4v) is 1.61. The third-order valence-corrected chi connectivity index (χ3v) is 2.71. The van der Waals surface area contributed by atoms with E-state index in [4.69, 9.17) is 5.73 Å². The Bertz CT molecular complexity index is 458. The molecule has 1 aliphatic carbocycles. The van der Waals surface area contributed by atoms with Gasteiger partial charge in [-0.3, -0.25) is 10.1 Å². The van der Waals surface area contributed by atoms with Crippen molar-refractivity contribution in [1.29, 1.82) is 0 Å². The van der Waals surface area contributed by atoms with Crippen molar-refractivity contribution < 1.29 is 13.7 Å². The maximum Gasteiger partial charge on any atom is 0.308 e. The van der Waals surface area contributed by atoms with Crippen molar-refractivity contribution in [1.82, 2.24) is 0 Å². The van der Waals surface area contributed by atoms with Gasteiger partial charge in [-0.25, -0.2) is 4.39 Å². The van der Waals surface area contributed by atoms with Crippen molar-refractivity contribution in [3.63, 3.8) is 0 Å². The van der Waals surface area contributed by atoms with E-state index in [1.54, 1.807) is 0 Å². The Hall–Kier alpha value is -1.56. The molecule has 1 aliphatic rings. The van der Waals surface area contributed by atoms with Gasteiger partial charge in [0.25, 0.3) is 0 Å². The highest BCUT2D eigenvalue weighted by Crippen LogP contribution is 2.36. The summed E-state index contributed by atoms with van der Waals surface area (Å²) in [4.78, 5) is 9.54. The van der Waals surface area contributed by atoms with Crippen molar-refractivity contribution in [2.45, 2.75) is 24.8 Å². The molecule has 1 saturated carbocycles. The van der Waals surface area contributed by atoms with Gasteiger partial charge in [-0.2, -0.15) is 4.39 Å². The van der Waals surface area contributed by atoms with Crippen LogP contribution in [0.5, 0.6) is 0 Å². The molecule has 0 amide bonds. The normalized spacial score (nSPS) is 17.2. The van der Waals surface area contributed by atoms with E-state index in [-0.39, 0.29) is 0 Å². The number of nitrogens with two attached hydrogens (primary N) is 1. The van der Waals surface area contributed by atoms with E-state index in [1.165, 1.54) is 0 Å². The molecule has 86 valence electrons. The van der Waals surface area contributed by atoms with Crippen molar-refractivity contribution in [2.24, 2.45) is 5.73 Å². The Morgan fingerprint density at radius 3 is 2.56 bits per heavy atom. The van der Waals surface area contributed by atoms with Gasteiger partial charge in [0.1, 0.15) is 0 Å². The quantitative estimate of drug-likeness (QED) is 0.634. The minimum atomic E-state index is -1.42. The lowest BCUT2D eigenvalue weighted by Crippen LogP contribution is -2.24. The summed E-state index contributed by atoms with van der Waals surface area (Å²) in [5.41, 5.74) is 4.95. The van der Waals surface area contributed by atoms with Crippen molar-refractivity contribution >= 4 is 5.69 Å². The second-order valence-electron chi connectivity index (χ2n) is 4.21. The molecule has 6 heteroatoms. The van der Waals surface area contributed by atoms with Gasteiger partial charge in [0.05, 0.1) is 4.92 Å². The van der Waals surface area contributed by atoms with E-state index >= 15 is 0 Å². The zero-order valence-electron chi connectivity index (χ0n) is 8.37. The van der Waals surface area contributed by atoms with Crippen LogP contribution in [-0.2, 0) is 6.42 Å². The first kappa shape index (κ1) is 10.9. The van der Waals surface area contributed by atoms with Crippen molar-refractivity contribution in [3.8, 4) is 0 Å². The summed E-state index contributed by atoms with van der Waals surface area (Å²) in [5, 5.41) is 10.5. The van der Waals surface area contributed by atoms with Gasteiger partial charge in [-0.1, -0.05) is 0 Å². The zero-order valence-corrected chi connectivity index (χ0v) is 8.37. The lowest BCUT2D eigenvalue weighted by Gasteiger charge is -2.08. The molecule has 0 aromatic heterocycles. The fourth-order valence-electron chi connectivity index (χ4n) is 1.61. The molecule has 1 aromatic rings. The zero-order chi connectivity index (χ0) is 11.9. The Morgan fingerprint density at radius 1 is 1.44 bits per heavy atom. The van der Waals surface area contributed by atoms with Crippen LogP contribution in [0.1, 0.15) is 18.4 Å². The van der Waals surface area contributed by atoms with Crippen LogP contribution in [0, 0.1) is 21.7 Å². The molecule has 2 N–H and O–H groups in total. The topological polar surface area (TPSA) is 69.2 Å².